The average Bonchev–Trinajstić information content (AvgIpc) is 2.78. The maximum atomic E-state index is 12.7. The van der Waals surface area contributed by atoms with Crippen LogP contribution in [0.2, 0.25) is 0 Å². The Hall–Kier alpha value is -4.05. The molecular weight excluding hydrogens is 434 g/mol. The number of anilines is 2. The minimum atomic E-state index is -3.88. The molecule has 10 heteroatoms. The quantitative estimate of drug-likeness (QED) is 0.454. The van der Waals surface area contributed by atoms with E-state index in [9.17, 15) is 18.0 Å². The minimum Gasteiger partial charge on any atom is -0.495 e. The molecule has 0 saturated heterocycles. The standard InChI is InChI=1S/C22H21N3O6S/c1-30-20-8-3-2-7-19(20)25-32(28,29)18-11-9-15(10-12-18)22(27)24-16-5-4-6-17(13-16)31-14-21(23)26/h2-13,25H,14H2,1H3,(H2,23,26)(H,24,27). The van der Waals surface area contributed by atoms with Crippen LogP contribution in [0.15, 0.2) is 77.7 Å². The molecule has 0 bridgehead atoms. The molecule has 0 aromatic heterocycles. The highest BCUT2D eigenvalue weighted by atomic mass is 32.2. The third-order valence-electron chi connectivity index (χ3n) is 4.25. The van der Waals surface area contributed by atoms with Crippen LogP contribution in [0.25, 0.3) is 0 Å². The Morgan fingerprint density at radius 1 is 0.969 bits per heavy atom. The van der Waals surface area contributed by atoms with Crippen LogP contribution in [0.1, 0.15) is 10.4 Å². The van der Waals surface area contributed by atoms with E-state index >= 15 is 0 Å². The van der Waals surface area contributed by atoms with Crippen LogP contribution < -0.4 is 25.2 Å². The molecule has 2 amide bonds. The summed E-state index contributed by atoms with van der Waals surface area (Å²) in [6.07, 6.45) is 0. The maximum absolute atomic E-state index is 12.7. The number of nitrogens with one attached hydrogen (secondary N) is 2. The number of ether oxygens (including phenoxy) is 2. The lowest BCUT2D eigenvalue weighted by molar-refractivity contribution is -0.119. The lowest BCUT2D eigenvalue weighted by Gasteiger charge is -2.12. The number of methoxy groups -OCH3 is 1. The van der Waals surface area contributed by atoms with Gasteiger partial charge in [-0.1, -0.05) is 18.2 Å². The van der Waals surface area contributed by atoms with Crippen molar-refractivity contribution in [3.63, 3.8) is 0 Å². The highest BCUT2D eigenvalue weighted by Crippen LogP contribution is 2.26. The van der Waals surface area contributed by atoms with Crippen molar-refractivity contribution < 1.29 is 27.5 Å². The highest BCUT2D eigenvalue weighted by molar-refractivity contribution is 7.92. The SMILES string of the molecule is COc1ccccc1NS(=O)(=O)c1ccc(C(=O)Nc2cccc(OCC(N)=O)c2)cc1. The van der Waals surface area contributed by atoms with Gasteiger partial charge in [0.25, 0.3) is 21.8 Å². The zero-order valence-electron chi connectivity index (χ0n) is 17.1. The Balaban J connectivity index is 1.70. The van der Waals surface area contributed by atoms with E-state index in [1.807, 2.05) is 0 Å². The van der Waals surface area contributed by atoms with Crippen LogP contribution >= 0.6 is 0 Å². The monoisotopic (exact) mass is 455 g/mol. The zero-order valence-corrected chi connectivity index (χ0v) is 17.9. The van der Waals surface area contributed by atoms with E-state index in [0.717, 1.165) is 0 Å². The second-order valence-electron chi connectivity index (χ2n) is 6.57. The van der Waals surface area contributed by atoms with E-state index in [1.165, 1.54) is 37.4 Å². The molecule has 0 radical (unpaired) electrons. The van der Waals surface area contributed by atoms with Gasteiger partial charge >= 0.3 is 0 Å². The van der Waals surface area contributed by atoms with Crippen molar-refractivity contribution in [1.82, 2.24) is 0 Å². The first-order valence-corrected chi connectivity index (χ1v) is 10.9. The number of amides is 2. The molecule has 3 aromatic rings. The largest absolute Gasteiger partial charge is 0.495 e. The maximum Gasteiger partial charge on any atom is 0.262 e. The average molecular weight is 455 g/mol. The van der Waals surface area contributed by atoms with E-state index in [4.69, 9.17) is 15.2 Å². The lowest BCUT2D eigenvalue weighted by Crippen LogP contribution is -2.20. The van der Waals surface area contributed by atoms with Gasteiger partial charge in [-0.3, -0.25) is 14.3 Å². The number of carbonyl (C=O) groups is 2. The van der Waals surface area contributed by atoms with Gasteiger partial charge in [0.1, 0.15) is 11.5 Å². The summed E-state index contributed by atoms with van der Waals surface area (Å²) in [4.78, 5) is 23.3. The molecule has 0 spiro atoms. The molecule has 0 heterocycles. The van der Waals surface area contributed by atoms with E-state index in [2.05, 4.69) is 10.0 Å². The fourth-order valence-electron chi connectivity index (χ4n) is 2.74. The van der Waals surface area contributed by atoms with E-state index < -0.39 is 21.8 Å². The van der Waals surface area contributed by atoms with Gasteiger partial charge in [0.15, 0.2) is 6.61 Å². The van der Waals surface area contributed by atoms with Gasteiger partial charge in [-0.2, -0.15) is 0 Å². The zero-order chi connectivity index (χ0) is 23.1. The van der Waals surface area contributed by atoms with Crippen molar-refractivity contribution >= 4 is 33.2 Å². The summed E-state index contributed by atoms with van der Waals surface area (Å²) < 4.78 is 38.2. The van der Waals surface area contributed by atoms with Crippen LogP contribution in [0.5, 0.6) is 11.5 Å². The lowest BCUT2D eigenvalue weighted by atomic mass is 10.2. The predicted molar refractivity (Wildman–Crippen MR) is 119 cm³/mol. The summed E-state index contributed by atoms with van der Waals surface area (Å²) in [5.41, 5.74) is 6.04. The number of rotatable bonds is 9. The molecule has 0 aliphatic rings. The van der Waals surface area contributed by atoms with Crippen LogP contribution in [-0.2, 0) is 14.8 Å². The van der Waals surface area contributed by atoms with Gasteiger partial charge in [0.05, 0.1) is 17.7 Å². The number of nitrogens with two attached hydrogens (primary N) is 1. The third-order valence-corrected chi connectivity index (χ3v) is 5.63. The molecule has 0 aliphatic heterocycles. The predicted octanol–water partition coefficient (Wildman–Crippen LogP) is 2.61. The van der Waals surface area contributed by atoms with Crippen LogP contribution in [-0.4, -0.2) is 33.9 Å². The van der Waals surface area contributed by atoms with Crippen molar-refractivity contribution in [1.29, 1.82) is 0 Å². The van der Waals surface area contributed by atoms with Crippen molar-refractivity contribution in [2.45, 2.75) is 4.90 Å². The summed E-state index contributed by atoms with van der Waals surface area (Å²) in [5.74, 6) is -0.312. The Labute approximate surface area is 185 Å². The summed E-state index contributed by atoms with van der Waals surface area (Å²) in [6.45, 7) is -0.282. The summed E-state index contributed by atoms with van der Waals surface area (Å²) in [7, 11) is -2.44. The van der Waals surface area contributed by atoms with E-state index in [1.54, 1.807) is 42.5 Å². The Morgan fingerprint density at radius 2 is 1.69 bits per heavy atom. The van der Waals surface area contributed by atoms with Crippen molar-refractivity contribution in [3.05, 3.63) is 78.4 Å². The topological polar surface area (TPSA) is 137 Å². The van der Waals surface area contributed by atoms with Crippen LogP contribution in [0.3, 0.4) is 0 Å². The Kier molecular flexibility index (Phi) is 6.96. The van der Waals surface area contributed by atoms with Gasteiger partial charge in [-0.25, -0.2) is 8.42 Å². The summed E-state index contributed by atoms with van der Waals surface area (Å²) >= 11 is 0. The number of hydrogen-bond donors (Lipinski definition) is 3. The normalized spacial score (nSPS) is 10.8. The fraction of sp³-hybridized carbons (Fsp3) is 0.0909. The molecule has 3 aromatic carbocycles. The van der Waals surface area contributed by atoms with Gasteiger partial charge in [-0.15, -0.1) is 0 Å². The second-order valence-corrected chi connectivity index (χ2v) is 8.25. The third kappa shape index (κ3) is 5.76. The van der Waals surface area contributed by atoms with E-state index in [0.29, 0.717) is 22.9 Å². The van der Waals surface area contributed by atoms with Gasteiger partial charge in [0.2, 0.25) is 0 Å². The van der Waals surface area contributed by atoms with E-state index in [-0.39, 0.29) is 17.1 Å². The molecule has 166 valence electrons. The number of hydrogen-bond acceptors (Lipinski definition) is 6. The van der Waals surface area contributed by atoms with Crippen LogP contribution in [0.4, 0.5) is 11.4 Å². The number of para-hydroxylation sites is 2. The number of carbonyl (C=O) groups excluding carboxylic acids is 2. The van der Waals surface area contributed by atoms with Gasteiger partial charge in [0, 0.05) is 17.3 Å². The molecule has 32 heavy (non-hydrogen) atoms. The Bertz CT molecular complexity index is 1230. The first-order chi connectivity index (χ1) is 15.3. The number of sulfonamides is 1. The first-order valence-electron chi connectivity index (χ1n) is 9.37. The molecule has 0 unspecified atom stereocenters. The molecule has 0 saturated carbocycles. The van der Waals surface area contributed by atoms with Crippen LogP contribution in [0, 0.1) is 0 Å². The molecule has 9 nitrogen and oxygen atoms in total. The second kappa shape index (κ2) is 9.84. The number of primary amides is 1. The fourth-order valence-corrected chi connectivity index (χ4v) is 3.81. The first kappa shape index (κ1) is 22.6. The summed E-state index contributed by atoms with van der Waals surface area (Å²) in [6, 6.07) is 18.5. The minimum absolute atomic E-state index is 0.0122. The molecule has 0 fully saturated rings. The molecule has 0 atom stereocenters. The molecule has 0 aliphatic carbocycles. The molecule has 3 rings (SSSR count). The van der Waals surface area contributed by atoms with Crippen molar-refractivity contribution in [2.75, 3.05) is 23.8 Å². The van der Waals surface area contributed by atoms with Gasteiger partial charge < -0.3 is 20.5 Å². The smallest absolute Gasteiger partial charge is 0.262 e. The van der Waals surface area contributed by atoms with Crippen molar-refractivity contribution in [2.24, 2.45) is 5.73 Å². The molecule has 4 N–H and O–H groups in total. The van der Waals surface area contributed by atoms with Gasteiger partial charge in [-0.05, 0) is 48.5 Å². The summed E-state index contributed by atoms with van der Waals surface area (Å²) in [5, 5.41) is 2.68. The molecular formula is C22H21N3O6S. The highest BCUT2D eigenvalue weighted by Gasteiger charge is 2.17. The number of benzene rings is 3. The Morgan fingerprint density at radius 3 is 2.38 bits per heavy atom. The van der Waals surface area contributed by atoms with Crippen molar-refractivity contribution in [3.8, 4) is 11.5 Å².